The van der Waals surface area contributed by atoms with E-state index >= 15 is 0 Å². The van der Waals surface area contributed by atoms with E-state index in [4.69, 9.17) is 0 Å². The molecule has 6 heteroatoms. The Bertz CT molecular complexity index is 393. The maximum atomic E-state index is 11.9. The van der Waals surface area contributed by atoms with Crippen molar-refractivity contribution < 1.29 is 4.79 Å². The monoisotopic (exact) mass is 329 g/mol. The summed E-state index contributed by atoms with van der Waals surface area (Å²) in [5, 5.41) is 4.21. The average molecular weight is 330 g/mol. The van der Waals surface area contributed by atoms with Gasteiger partial charge in [-0.25, -0.2) is 4.98 Å². The lowest BCUT2D eigenvalue weighted by atomic mass is 10.3. The molecule has 1 saturated heterocycles. The van der Waals surface area contributed by atoms with Gasteiger partial charge in [0.15, 0.2) is 0 Å². The second-order valence-corrected chi connectivity index (χ2v) is 6.07. The number of nitrogens with one attached hydrogen (secondary N) is 1. The summed E-state index contributed by atoms with van der Waals surface area (Å²) in [5.41, 5.74) is 0. The molecule has 0 radical (unpaired) electrons. The Morgan fingerprint density at radius 2 is 2.22 bits per heavy atom. The number of thioether (sulfide) groups is 1. The highest BCUT2D eigenvalue weighted by molar-refractivity contribution is 9.10. The molecular weight excluding hydrogens is 314 g/mol. The Hall–Kier alpha value is -0.590. The molecule has 0 atom stereocenters. The summed E-state index contributed by atoms with van der Waals surface area (Å²) in [4.78, 5) is 18.1. The molecule has 0 spiro atoms. The normalized spacial score (nSPS) is 15.7. The van der Waals surface area contributed by atoms with Crippen LogP contribution in [0, 0.1) is 0 Å². The number of carbonyl (C=O) groups excluding carboxylic acids is 1. The summed E-state index contributed by atoms with van der Waals surface area (Å²) in [7, 11) is 0. The molecule has 2 rings (SSSR count). The van der Waals surface area contributed by atoms with Crippen LogP contribution in [0.1, 0.15) is 6.42 Å². The zero-order chi connectivity index (χ0) is 12.8. The van der Waals surface area contributed by atoms with E-state index in [0.717, 1.165) is 41.4 Å². The first kappa shape index (κ1) is 13.8. The molecule has 1 aliphatic heterocycles. The first-order valence-electron chi connectivity index (χ1n) is 5.98. The zero-order valence-electron chi connectivity index (χ0n) is 10.1. The van der Waals surface area contributed by atoms with Crippen LogP contribution in [-0.2, 0) is 4.79 Å². The van der Waals surface area contributed by atoms with E-state index in [1.807, 2.05) is 17.0 Å². The van der Waals surface area contributed by atoms with Gasteiger partial charge in [0, 0.05) is 49.0 Å². The molecule has 0 saturated carbocycles. The first-order chi connectivity index (χ1) is 8.75. The van der Waals surface area contributed by atoms with E-state index < -0.39 is 0 Å². The number of amides is 1. The molecule has 1 fully saturated rings. The zero-order valence-corrected chi connectivity index (χ0v) is 12.5. The molecule has 1 aliphatic rings. The minimum atomic E-state index is 0.251. The van der Waals surface area contributed by atoms with Crippen LogP contribution in [0.5, 0.6) is 0 Å². The van der Waals surface area contributed by atoms with E-state index in [2.05, 4.69) is 26.2 Å². The Labute approximate surface area is 120 Å². The fraction of sp³-hybridized carbons (Fsp3) is 0.500. The average Bonchev–Trinajstić information content (AvgIpc) is 2.42. The Morgan fingerprint density at radius 3 is 2.89 bits per heavy atom. The van der Waals surface area contributed by atoms with Crippen LogP contribution in [0.2, 0.25) is 0 Å². The molecule has 98 valence electrons. The molecule has 0 aromatic carbocycles. The molecule has 0 aliphatic carbocycles. The highest BCUT2D eigenvalue weighted by Gasteiger charge is 2.15. The van der Waals surface area contributed by atoms with Crippen molar-refractivity contribution in [1.82, 2.24) is 15.2 Å². The van der Waals surface area contributed by atoms with Gasteiger partial charge in [0.25, 0.3) is 0 Å². The number of hydrogen-bond donors (Lipinski definition) is 1. The number of pyridine rings is 1. The number of halogens is 1. The number of piperazine rings is 1. The second-order valence-electron chi connectivity index (χ2n) is 4.04. The van der Waals surface area contributed by atoms with Crippen molar-refractivity contribution in [3.63, 3.8) is 0 Å². The minimum Gasteiger partial charge on any atom is -0.340 e. The molecule has 1 aromatic heterocycles. The molecular formula is C12H16BrN3OS. The van der Waals surface area contributed by atoms with E-state index in [-0.39, 0.29) is 5.91 Å². The lowest BCUT2D eigenvalue weighted by Crippen LogP contribution is -2.46. The summed E-state index contributed by atoms with van der Waals surface area (Å²) in [6, 6.07) is 3.93. The maximum Gasteiger partial charge on any atom is 0.223 e. The van der Waals surface area contributed by atoms with Gasteiger partial charge < -0.3 is 10.2 Å². The highest BCUT2D eigenvalue weighted by atomic mass is 79.9. The Morgan fingerprint density at radius 1 is 1.44 bits per heavy atom. The van der Waals surface area contributed by atoms with Gasteiger partial charge in [-0.05, 0) is 28.1 Å². The van der Waals surface area contributed by atoms with Crippen molar-refractivity contribution in [2.75, 3.05) is 31.9 Å². The van der Waals surface area contributed by atoms with Crippen molar-refractivity contribution in [3.8, 4) is 0 Å². The summed E-state index contributed by atoms with van der Waals surface area (Å²) in [6.45, 7) is 3.49. The molecule has 1 N–H and O–H groups in total. The van der Waals surface area contributed by atoms with E-state index in [1.54, 1.807) is 18.0 Å². The van der Waals surface area contributed by atoms with Crippen molar-refractivity contribution in [2.45, 2.75) is 11.4 Å². The first-order valence-corrected chi connectivity index (χ1v) is 7.76. The number of aromatic nitrogens is 1. The summed E-state index contributed by atoms with van der Waals surface area (Å²) >= 11 is 4.98. The van der Waals surface area contributed by atoms with Crippen LogP contribution in [0.25, 0.3) is 0 Å². The quantitative estimate of drug-likeness (QED) is 0.855. The predicted molar refractivity (Wildman–Crippen MR) is 76.7 cm³/mol. The molecule has 0 unspecified atom stereocenters. The van der Waals surface area contributed by atoms with Gasteiger partial charge >= 0.3 is 0 Å². The van der Waals surface area contributed by atoms with Crippen LogP contribution in [0.3, 0.4) is 0 Å². The van der Waals surface area contributed by atoms with Crippen LogP contribution < -0.4 is 5.32 Å². The topological polar surface area (TPSA) is 45.2 Å². The van der Waals surface area contributed by atoms with Crippen molar-refractivity contribution in [3.05, 3.63) is 22.8 Å². The predicted octanol–water partition coefficient (Wildman–Crippen LogP) is 1.76. The number of nitrogens with zero attached hydrogens (tertiary/aromatic N) is 2. The summed E-state index contributed by atoms with van der Waals surface area (Å²) < 4.78 is 0.976. The molecule has 0 bridgehead atoms. The molecule has 2 heterocycles. The standard InChI is InChI=1S/C12H16BrN3OS/c13-10-1-2-11(15-9-10)18-8-3-12(17)16-6-4-14-5-7-16/h1-2,9,14H,3-8H2. The summed E-state index contributed by atoms with van der Waals surface area (Å²) in [5.74, 6) is 1.04. The van der Waals surface area contributed by atoms with Gasteiger partial charge in [0.2, 0.25) is 5.91 Å². The number of hydrogen-bond acceptors (Lipinski definition) is 4. The number of carbonyl (C=O) groups is 1. The fourth-order valence-electron chi connectivity index (χ4n) is 1.76. The number of rotatable bonds is 4. The smallest absolute Gasteiger partial charge is 0.223 e. The fourth-order valence-corrected chi connectivity index (χ4v) is 2.77. The molecule has 4 nitrogen and oxygen atoms in total. The third-order valence-electron chi connectivity index (χ3n) is 2.74. The van der Waals surface area contributed by atoms with Crippen molar-refractivity contribution in [2.24, 2.45) is 0 Å². The van der Waals surface area contributed by atoms with E-state index in [1.165, 1.54) is 0 Å². The third kappa shape index (κ3) is 4.26. The maximum absolute atomic E-state index is 11.9. The lowest BCUT2D eigenvalue weighted by Gasteiger charge is -2.27. The molecule has 1 amide bonds. The largest absolute Gasteiger partial charge is 0.340 e. The van der Waals surface area contributed by atoms with Crippen LogP contribution in [0.4, 0.5) is 0 Å². The second kappa shape index (κ2) is 7.11. The van der Waals surface area contributed by atoms with Crippen molar-refractivity contribution in [1.29, 1.82) is 0 Å². The Kier molecular flexibility index (Phi) is 5.46. The van der Waals surface area contributed by atoms with E-state index in [9.17, 15) is 4.79 Å². The van der Waals surface area contributed by atoms with Gasteiger partial charge in [0.05, 0.1) is 5.03 Å². The van der Waals surface area contributed by atoms with Crippen molar-refractivity contribution >= 4 is 33.6 Å². The molecule has 1 aromatic rings. The Balaban J connectivity index is 1.71. The van der Waals surface area contributed by atoms with Gasteiger partial charge in [-0.2, -0.15) is 0 Å². The van der Waals surface area contributed by atoms with Crippen LogP contribution in [0.15, 0.2) is 27.8 Å². The van der Waals surface area contributed by atoms with Crippen LogP contribution in [-0.4, -0.2) is 47.7 Å². The lowest BCUT2D eigenvalue weighted by molar-refractivity contribution is -0.131. The summed E-state index contributed by atoms with van der Waals surface area (Å²) in [6.07, 6.45) is 2.36. The van der Waals surface area contributed by atoms with E-state index in [0.29, 0.717) is 6.42 Å². The third-order valence-corrected chi connectivity index (χ3v) is 4.15. The van der Waals surface area contributed by atoms with Gasteiger partial charge in [-0.1, -0.05) is 0 Å². The SMILES string of the molecule is O=C(CCSc1ccc(Br)cn1)N1CCNCC1. The highest BCUT2D eigenvalue weighted by Crippen LogP contribution is 2.18. The van der Waals surface area contributed by atoms with Crippen LogP contribution >= 0.6 is 27.7 Å². The minimum absolute atomic E-state index is 0.251. The van der Waals surface area contributed by atoms with Gasteiger partial charge in [-0.15, -0.1) is 11.8 Å². The van der Waals surface area contributed by atoms with Gasteiger partial charge in [-0.3, -0.25) is 4.79 Å². The molecule has 18 heavy (non-hydrogen) atoms. The van der Waals surface area contributed by atoms with Gasteiger partial charge in [0.1, 0.15) is 0 Å².